The highest BCUT2D eigenvalue weighted by Gasteiger charge is 2.27. The van der Waals surface area contributed by atoms with Crippen molar-refractivity contribution in [3.8, 4) is 78.6 Å². The van der Waals surface area contributed by atoms with Gasteiger partial charge in [-0.15, -0.1) is 0 Å². The molecular formula is C63H63N3O. The average Bonchev–Trinajstić information content (AvgIpc) is 3.70. The summed E-state index contributed by atoms with van der Waals surface area (Å²) in [4.78, 5) is 10.4. The number of rotatable bonds is 7. The summed E-state index contributed by atoms with van der Waals surface area (Å²) in [5.74, 6) is 0.549. The molecule has 9 aromatic rings. The summed E-state index contributed by atoms with van der Waals surface area (Å²) in [5.41, 5.74) is 16.8. The van der Waals surface area contributed by atoms with Gasteiger partial charge in [-0.1, -0.05) is 171 Å². The summed E-state index contributed by atoms with van der Waals surface area (Å²) in [6.07, 6.45) is 1.88. The second-order valence-electron chi connectivity index (χ2n) is 21.3. The number of aromatic nitrogens is 3. The van der Waals surface area contributed by atoms with Gasteiger partial charge in [0.05, 0.1) is 28.0 Å². The molecule has 0 aliphatic heterocycles. The maximum atomic E-state index is 12.1. The van der Waals surface area contributed by atoms with Crippen molar-refractivity contribution in [1.82, 2.24) is 14.5 Å². The summed E-state index contributed by atoms with van der Waals surface area (Å²) < 4.78 is 29.7. The number of hydrogen-bond acceptors (Lipinski definition) is 3. The molecule has 0 fully saturated rings. The van der Waals surface area contributed by atoms with E-state index in [1.54, 1.807) is 0 Å². The fourth-order valence-corrected chi connectivity index (χ4v) is 9.25. The molecule has 0 amide bonds. The lowest BCUT2D eigenvalue weighted by atomic mass is 9.78. The van der Waals surface area contributed by atoms with Gasteiger partial charge in [-0.3, -0.25) is 9.55 Å². The van der Waals surface area contributed by atoms with Crippen LogP contribution in [0, 0.1) is 20.7 Å². The number of imidazole rings is 1. The fraction of sp³-hybridized carbons (Fsp3) is 0.238. The van der Waals surface area contributed by atoms with E-state index >= 15 is 0 Å². The minimum absolute atomic E-state index is 0.0984. The number of aryl methyl sites for hydroxylation is 3. The van der Waals surface area contributed by atoms with Gasteiger partial charge in [0, 0.05) is 21.4 Å². The molecule has 2 heterocycles. The summed E-state index contributed by atoms with van der Waals surface area (Å²) in [5, 5.41) is 12.1. The molecule has 0 aliphatic carbocycles. The van der Waals surface area contributed by atoms with Gasteiger partial charge in [-0.2, -0.15) is 0 Å². The van der Waals surface area contributed by atoms with Gasteiger partial charge in [0.2, 0.25) is 0 Å². The molecule has 67 heavy (non-hydrogen) atoms. The van der Waals surface area contributed by atoms with E-state index in [0.717, 1.165) is 72.5 Å². The molecule has 7 aromatic carbocycles. The third kappa shape index (κ3) is 8.74. The Bertz CT molecular complexity index is 3430. The van der Waals surface area contributed by atoms with Crippen LogP contribution in [-0.2, 0) is 16.2 Å². The lowest BCUT2D eigenvalue weighted by molar-refractivity contribution is 0.471. The highest BCUT2D eigenvalue weighted by Crippen LogP contribution is 2.45. The Morgan fingerprint density at radius 3 is 1.88 bits per heavy atom. The first-order chi connectivity index (χ1) is 33.0. The van der Waals surface area contributed by atoms with Gasteiger partial charge in [-0.25, -0.2) is 4.98 Å². The second-order valence-corrected chi connectivity index (χ2v) is 21.3. The Labute approximate surface area is 402 Å². The van der Waals surface area contributed by atoms with Gasteiger partial charge in [0.15, 0.2) is 0 Å². The van der Waals surface area contributed by atoms with Crippen molar-refractivity contribution in [2.75, 3.05) is 0 Å². The lowest BCUT2D eigenvalue weighted by Gasteiger charge is -2.26. The maximum absolute atomic E-state index is 12.1. The zero-order valence-corrected chi connectivity index (χ0v) is 40.8. The number of fused-ring (bicyclic) bond motifs is 1. The van der Waals surface area contributed by atoms with Gasteiger partial charge in [0.25, 0.3) is 0 Å². The summed E-state index contributed by atoms with van der Waals surface area (Å²) in [7, 11) is 0. The normalized spacial score (nSPS) is 13.1. The molecule has 0 unspecified atom stereocenters. The minimum Gasteiger partial charge on any atom is -0.507 e. The molecule has 0 radical (unpaired) electrons. The molecule has 9 rings (SSSR count). The predicted molar refractivity (Wildman–Crippen MR) is 283 cm³/mol. The minimum atomic E-state index is -2.54. The molecule has 0 aliphatic rings. The largest absolute Gasteiger partial charge is 0.507 e. The van der Waals surface area contributed by atoms with E-state index in [1.165, 1.54) is 5.56 Å². The van der Waals surface area contributed by atoms with E-state index < -0.39 is 6.85 Å². The molecule has 1 N–H and O–H groups in total. The first-order valence-corrected chi connectivity index (χ1v) is 23.4. The molecule has 0 saturated heterocycles. The third-order valence-electron chi connectivity index (χ3n) is 13.1. The van der Waals surface area contributed by atoms with E-state index in [-0.39, 0.29) is 27.6 Å². The number of nitrogens with zero attached hydrogens (tertiary/aromatic N) is 3. The first-order valence-electron chi connectivity index (χ1n) is 24.9. The van der Waals surface area contributed by atoms with E-state index in [9.17, 15) is 9.22 Å². The molecule has 4 nitrogen and oxygen atoms in total. The monoisotopic (exact) mass is 881 g/mol. The fourth-order valence-electron chi connectivity index (χ4n) is 9.25. The van der Waals surface area contributed by atoms with Crippen LogP contribution in [0.4, 0.5) is 0 Å². The van der Waals surface area contributed by atoms with E-state index in [0.29, 0.717) is 33.7 Å². The molecule has 0 bridgehead atoms. The van der Waals surface area contributed by atoms with Crippen molar-refractivity contribution in [2.45, 2.75) is 99.3 Å². The number of para-hydroxylation sites is 1. The van der Waals surface area contributed by atoms with Crippen molar-refractivity contribution in [1.29, 1.82) is 0 Å². The lowest BCUT2D eigenvalue weighted by Crippen LogP contribution is -2.13. The van der Waals surface area contributed by atoms with Crippen molar-refractivity contribution in [3.63, 3.8) is 0 Å². The molecular weight excluding hydrogens is 815 g/mol. The van der Waals surface area contributed by atoms with E-state index in [4.69, 9.17) is 9.97 Å². The van der Waals surface area contributed by atoms with E-state index in [1.807, 2.05) is 72.3 Å². The zero-order chi connectivity index (χ0) is 50.1. The quantitative estimate of drug-likeness (QED) is 0.173. The molecule has 0 spiro atoms. The third-order valence-corrected chi connectivity index (χ3v) is 13.1. The number of benzene rings is 7. The van der Waals surface area contributed by atoms with Crippen molar-refractivity contribution < 1.29 is 9.22 Å². The highest BCUT2D eigenvalue weighted by molar-refractivity contribution is 5.97. The molecule has 4 heteroatoms. The predicted octanol–water partition coefficient (Wildman–Crippen LogP) is 16.9. The standard InChI is InChI=1S/C63H63N3O/c1-39-24-26-42(27-25-39)44-30-31-64-54(37-44)47-34-46(35-49(36-47)62(7,8)9)51-21-17-23-56-58(51)65-60(52-38-48(61(4,5)6)33-41(3)59(52)67)66(56)55-29-28-45(32-40(55)2)57-50(43-18-14-13-15-19-43)20-16-22-53(57)63(10,11)12/h13-38,67H,1-12H3/i2D3. The van der Waals surface area contributed by atoms with E-state index in [2.05, 4.69) is 166 Å². The average molecular weight is 881 g/mol. The van der Waals surface area contributed by atoms with Crippen LogP contribution in [0.15, 0.2) is 158 Å². The van der Waals surface area contributed by atoms with Crippen LogP contribution in [0.25, 0.3) is 83.9 Å². The zero-order valence-electron chi connectivity index (χ0n) is 43.8. The summed E-state index contributed by atoms with van der Waals surface area (Å²) in [6, 6.07) is 52.1. The Morgan fingerprint density at radius 1 is 0.507 bits per heavy atom. The number of phenolic OH excluding ortho intramolecular Hbond substituents is 1. The number of aromatic hydroxyl groups is 1. The van der Waals surface area contributed by atoms with Crippen molar-refractivity contribution >= 4 is 11.0 Å². The van der Waals surface area contributed by atoms with Crippen LogP contribution in [0.5, 0.6) is 5.75 Å². The topological polar surface area (TPSA) is 50.9 Å². The molecule has 336 valence electrons. The Hall–Kier alpha value is -7.04. The second kappa shape index (κ2) is 17.0. The smallest absolute Gasteiger partial charge is 0.149 e. The first kappa shape index (κ1) is 41.4. The Kier molecular flexibility index (Phi) is 10.5. The molecule has 0 atom stereocenters. The Morgan fingerprint density at radius 2 is 1.18 bits per heavy atom. The van der Waals surface area contributed by atoms with Crippen LogP contribution in [0.1, 0.15) is 99.8 Å². The molecule has 0 saturated carbocycles. The van der Waals surface area contributed by atoms with Crippen LogP contribution in [0.3, 0.4) is 0 Å². The number of hydrogen-bond donors (Lipinski definition) is 1. The summed E-state index contributed by atoms with van der Waals surface area (Å²) >= 11 is 0. The van der Waals surface area contributed by atoms with Gasteiger partial charge < -0.3 is 5.11 Å². The number of pyridine rings is 1. The van der Waals surface area contributed by atoms with Crippen molar-refractivity contribution in [2.24, 2.45) is 0 Å². The van der Waals surface area contributed by atoms with Gasteiger partial charge >= 0.3 is 0 Å². The SMILES string of the molecule is [2H]C([2H])([2H])c1cc(-c2c(-c3ccccc3)cccc2C(C)(C)C)ccc1-n1c(-c2cc(C(C)(C)C)cc(C)c2O)nc2c(-c3cc(-c4cc(-c5ccc(C)cc5)ccn4)cc(C(C)(C)C)c3)cccc21. The van der Waals surface area contributed by atoms with Crippen LogP contribution in [-0.4, -0.2) is 19.6 Å². The van der Waals surface area contributed by atoms with Gasteiger partial charge in [0.1, 0.15) is 11.6 Å². The van der Waals surface area contributed by atoms with Crippen LogP contribution < -0.4 is 0 Å². The van der Waals surface area contributed by atoms with Crippen LogP contribution in [0.2, 0.25) is 0 Å². The molecule has 2 aromatic heterocycles. The van der Waals surface area contributed by atoms with Gasteiger partial charge in [-0.05, 0) is 152 Å². The highest BCUT2D eigenvalue weighted by atomic mass is 16.3. The summed E-state index contributed by atoms with van der Waals surface area (Å²) in [6.45, 7) is 21.2. The van der Waals surface area contributed by atoms with Crippen molar-refractivity contribution in [3.05, 3.63) is 191 Å². The number of phenols is 1. The Balaban J connectivity index is 1.33. The van der Waals surface area contributed by atoms with Crippen LogP contribution >= 0.6 is 0 Å². The maximum Gasteiger partial charge on any atom is 0.149 e.